The molecule has 1 saturated heterocycles. The molecule has 1 atom stereocenters. The molecule has 0 amide bonds. The highest BCUT2D eigenvalue weighted by Crippen LogP contribution is 2.07. The Hall–Kier alpha value is 0.270. The van der Waals surface area contributed by atoms with E-state index in [1.807, 2.05) is 0 Å². The van der Waals surface area contributed by atoms with E-state index in [4.69, 9.17) is 0 Å². The molecule has 78 valence electrons. The van der Waals surface area contributed by atoms with E-state index in [9.17, 15) is 0 Å². The summed E-state index contributed by atoms with van der Waals surface area (Å²) in [5.41, 5.74) is 0. The molecule has 1 N–H and O–H groups in total. The summed E-state index contributed by atoms with van der Waals surface area (Å²) in [5.74, 6) is 2.65. The third-order valence-electron chi connectivity index (χ3n) is 2.64. The van der Waals surface area contributed by atoms with Crippen molar-refractivity contribution in [2.75, 3.05) is 37.7 Å². The fourth-order valence-electron chi connectivity index (χ4n) is 1.44. The lowest BCUT2D eigenvalue weighted by molar-refractivity contribution is 0.296. The van der Waals surface area contributed by atoms with Gasteiger partial charge in [-0.15, -0.1) is 0 Å². The van der Waals surface area contributed by atoms with Crippen LogP contribution in [0.25, 0.3) is 0 Å². The largest absolute Gasteiger partial charge is 0.313 e. The zero-order chi connectivity index (χ0) is 9.52. The molecule has 0 aromatic rings. The van der Waals surface area contributed by atoms with Crippen LogP contribution >= 0.6 is 11.8 Å². The normalized spacial score (nSPS) is 21.7. The molecule has 1 aliphatic heterocycles. The van der Waals surface area contributed by atoms with Crippen LogP contribution < -0.4 is 5.32 Å². The van der Waals surface area contributed by atoms with Crippen molar-refractivity contribution in [3.8, 4) is 0 Å². The summed E-state index contributed by atoms with van der Waals surface area (Å²) < 4.78 is 0. The number of thioether (sulfide) groups is 1. The highest BCUT2D eigenvalue weighted by atomic mass is 32.2. The van der Waals surface area contributed by atoms with E-state index in [1.54, 1.807) is 0 Å². The monoisotopic (exact) mass is 202 g/mol. The molecule has 0 spiro atoms. The van der Waals surface area contributed by atoms with E-state index in [0.717, 1.165) is 6.54 Å². The SMILES string of the molecule is CCC(C)NCCN1CCSCC1. The van der Waals surface area contributed by atoms with E-state index in [0.29, 0.717) is 6.04 Å². The lowest BCUT2D eigenvalue weighted by atomic mass is 10.2. The maximum Gasteiger partial charge on any atom is 0.0108 e. The average Bonchev–Trinajstić information content (AvgIpc) is 2.19. The molecule has 0 radical (unpaired) electrons. The first-order chi connectivity index (χ1) is 6.33. The van der Waals surface area contributed by atoms with Crippen LogP contribution in [0.5, 0.6) is 0 Å². The Morgan fingerprint density at radius 2 is 2.08 bits per heavy atom. The summed E-state index contributed by atoms with van der Waals surface area (Å²) in [6.07, 6.45) is 1.23. The molecule has 1 fully saturated rings. The van der Waals surface area contributed by atoms with Crippen molar-refractivity contribution in [1.29, 1.82) is 0 Å². The third-order valence-corrected chi connectivity index (χ3v) is 3.58. The smallest absolute Gasteiger partial charge is 0.0108 e. The molecule has 1 rings (SSSR count). The van der Waals surface area contributed by atoms with Crippen LogP contribution in [0.15, 0.2) is 0 Å². The molecule has 2 nitrogen and oxygen atoms in total. The Balaban J connectivity index is 1.98. The lowest BCUT2D eigenvalue weighted by Gasteiger charge is -2.26. The van der Waals surface area contributed by atoms with Crippen molar-refractivity contribution in [3.63, 3.8) is 0 Å². The van der Waals surface area contributed by atoms with Gasteiger partial charge in [0.05, 0.1) is 0 Å². The van der Waals surface area contributed by atoms with Crippen LogP contribution in [0.2, 0.25) is 0 Å². The first kappa shape index (κ1) is 11.3. The van der Waals surface area contributed by atoms with Crippen LogP contribution in [-0.2, 0) is 0 Å². The number of hydrogen-bond donors (Lipinski definition) is 1. The van der Waals surface area contributed by atoms with Crippen molar-refractivity contribution in [1.82, 2.24) is 10.2 Å². The van der Waals surface area contributed by atoms with E-state index in [1.165, 1.54) is 37.6 Å². The summed E-state index contributed by atoms with van der Waals surface area (Å²) >= 11 is 2.08. The Labute approximate surface area is 86.5 Å². The summed E-state index contributed by atoms with van der Waals surface area (Å²) in [6.45, 7) is 9.44. The van der Waals surface area contributed by atoms with E-state index in [2.05, 4.69) is 35.8 Å². The molecule has 1 unspecified atom stereocenters. The minimum Gasteiger partial charge on any atom is -0.313 e. The third kappa shape index (κ3) is 4.89. The van der Waals surface area contributed by atoms with E-state index in [-0.39, 0.29) is 0 Å². The van der Waals surface area contributed by atoms with Crippen molar-refractivity contribution < 1.29 is 0 Å². The minimum absolute atomic E-state index is 0.680. The second-order valence-corrected chi connectivity index (χ2v) is 4.94. The van der Waals surface area contributed by atoms with Crippen LogP contribution in [0, 0.1) is 0 Å². The fourth-order valence-corrected chi connectivity index (χ4v) is 2.42. The summed E-state index contributed by atoms with van der Waals surface area (Å²) in [5, 5.41) is 3.53. The molecule has 13 heavy (non-hydrogen) atoms. The molecule has 0 saturated carbocycles. The first-order valence-corrected chi connectivity index (χ1v) is 6.52. The molecule has 0 aromatic heterocycles. The predicted molar refractivity (Wildman–Crippen MR) is 61.5 cm³/mol. The van der Waals surface area contributed by atoms with Gasteiger partial charge in [-0.1, -0.05) is 6.92 Å². The summed E-state index contributed by atoms with van der Waals surface area (Å²) in [6, 6.07) is 0.680. The Bertz CT molecular complexity index is 124. The number of rotatable bonds is 5. The Morgan fingerprint density at radius 1 is 1.38 bits per heavy atom. The molecular weight excluding hydrogens is 180 g/mol. The van der Waals surface area contributed by atoms with Gasteiger partial charge in [0.15, 0.2) is 0 Å². The average molecular weight is 202 g/mol. The number of nitrogens with one attached hydrogen (secondary N) is 1. The molecule has 0 aliphatic carbocycles. The predicted octanol–water partition coefficient (Wildman–Crippen LogP) is 1.42. The second-order valence-electron chi connectivity index (χ2n) is 3.72. The first-order valence-electron chi connectivity index (χ1n) is 5.36. The van der Waals surface area contributed by atoms with Gasteiger partial charge in [-0.3, -0.25) is 0 Å². The fraction of sp³-hybridized carbons (Fsp3) is 1.00. The van der Waals surface area contributed by atoms with E-state index < -0.39 is 0 Å². The summed E-state index contributed by atoms with van der Waals surface area (Å²) in [7, 11) is 0. The van der Waals surface area contributed by atoms with Crippen molar-refractivity contribution in [2.24, 2.45) is 0 Å². The van der Waals surface area contributed by atoms with Crippen LogP contribution in [-0.4, -0.2) is 48.6 Å². The quantitative estimate of drug-likeness (QED) is 0.726. The van der Waals surface area contributed by atoms with Crippen molar-refractivity contribution in [3.05, 3.63) is 0 Å². The van der Waals surface area contributed by atoms with Crippen LogP contribution in [0.1, 0.15) is 20.3 Å². The van der Waals surface area contributed by atoms with Crippen molar-refractivity contribution >= 4 is 11.8 Å². The van der Waals surface area contributed by atoms with Gasteiger partial charge in [0.25, 0.3) is 0 Å². The standard InChI is InChI=1S/C10H22N2S/c1-3-10(2)11-4-5-12-6-8-13-9-7-12/h10-11H,3-9H2,1-2H3. The highest BCUT2D eigenvalue weighted by molar-refractivity contribution is 7.99. The highest BCUT2D eigenvalue weighted by Gasteiger charge is 2.09. The molecule has 1 heterocycles. The Kier molecular flexibility index (Phi) is 5.83. The molecular formula is C10H22N2S. The van der Waals surface area contributed by atoms with E-state index >= 15 is 0 Å². The van der Waals surface area contributed by atoms with Gasteiger partial charge >= 0.3 is 0 Å². The van der Waals surface area contributed by atoms with Gasteiger partial charge in [0.1, 0.15) is 0 Å². The Morgan fingerprint density at radius 3 is 2.69 bits per heavy atom. The molecule has 0 bridgehead atoms. The zero-order valence-electron chi connectivity index (χ0n) is 8.88. The maximum absolute atomic E-state index is 3.53. The van der Waals surface area contributed by atoms with Crippen molar-refractivity contribution in [2.45, 2.75) is 26.3 Å². The van der Waals surface area contributed by atoms with Gasteiger partial charge in [-0.25, -0.2) is 0 Å². The molecule has 3 heteroatoms. The van der Waals surface area contributed by atoms with Crippen LogP contribution in [0.3, 0.4) is 0 Å². The maximum atomic E-state index is 3.53. The van der Waals surface area contributed by atoms with Gasteiger partial charge in [-0.2, -0.15) is 11.8 Å². The number of nitrogens with zero attached hydrogens (tertiary/aromatic N) is 1. The summed E-state index contributed by atoms with van der Waals surface area (Å²) in [4.78, 5) is 2.56. The topological polar surface area (TPSA) is 15.3 Å². The second kappa shape index (κ2) is 6.68. The van der Waals surface area contributed by atoms with Gasteiger partial charge in [-0.05, 0) is 13.3 Å². The lowest BCUT2D eigenvalue weighted by Crippen LogP contribution is -2.39. The minimum atomic E-state index is 0.680. The van der Waals surface area contributed by atoms with Crippen LogP contribution in [0.4, 0.5) is 0 Å². The molecule has 0 aromatic carbocycles. The van der Waals surface area contributed by atoms with Gasteiger partial charge < -0.3 is 10.2 Å². The number of hydrogen-bond acceptors (Lipinski definition) is 3. The molecule has 1 aliphatic rings. The van der Waals surface area contributed by atoms with Gasteiger partial charge in [0, 0.05) is 43.7 Å². The van der Waals surface area contributed by atoms with Gasteiger partial charge in [0.2, 0.25) is 0 Å². The zero-order valence-corrected chi connectivity index (χ0v) is 9.70.